The monoisotopic (exact) mass is 344 g/mol. The average molecular weight is 345 g/mol. The first-order valence-corrected chi connectivity index (χ1v) is 7.22. The van der Waals surface area contributed by atoms with Crippen molar-refractivity contribution >= 4 is 30.0 Å². The molecule has 0 unspecified atom stereocenters. The highest BCUT2D eigenvalue weighted by Gasteiger charge is 1.90. The van der Waals surface area contributed by atoms with Crippen LogP contribution in [-0.2, 0) is 0 Å². The Kier molecular flexibility index (Phi) is 8.79. The second-order valence-corrected chi connectivity index (χ2v) is 4.59. The van der Waals surface area contributed by atoms with Crippen molar-refractivity contribution in [3.8, 4) is 11.5 Å². The minimum Gasteiger partial charge on any atom is -0.497 e. The van der Waals surface area contributed by atoms with E-state index in [-0.39, 0.29) is 12.4 Å². The summed E-state index contributed by atoms with van der Waals surface area (Å²) >= 11 is 0. The van der Waals surface area contributed by atoms with Gasteiger partial charge in [0, 0.05) is 18.1 Å². The molecule has 0 aliphatic carbocycles. The number of methoxy groups -OCH3 is 2. The van der Waals surface area contributed by atoms with E-state index in [4.69, 9.17) is 9.47 Å². The van der Waals surface area contributed by atoms with Crippen molar-refractivity contribution in [2.75, 3.05) is 19.5 Å². The molecule has 4 nitrogen and oxygen atoms in total. The quantitative estimate of drug-likeness (QED) is 0.567. The number of ether oxygens (including phenoxy) is 2. The third-order valence-corrected chi connectivity index (χ3v) is 3.04. The number of rotatable bonds is 7. The number of aliphatic imine (C=N–C) groups is 1. The molecule has 0 amide bonds. The van der Waals surface area contributed by atoms with Gasteiger partial charge in [-0.3, -0.25) is 4.99 Å². The van der Waals surface area contributed by atoms with E-state index in [2.05, 4.69) is 10.3 Å². The summed E-state index contributed by atoms with van der Waals surface area (Å²) in [4.78, 5) is 4.32. The van der Waals surface area contributed by atoms with E-state index in [1.54, 1.807) is 20.4 Å². The maximum Gasteiger partial charge on any atom is 0.119 e. The van der Waals surface area contributed by atoms with Gasteiger partial charge >= 0.3 is 0 Å². The molecule has 24 heavy (non-hydrogen) atoms. The number of hydrogen-bond donors (Lipinski definition) is 1. The Morgan fingerprint density at radius 1 is 0.792 bits per heavy atom. The van der Waals surface area contributed by atoms with Crippen LogP contribution in [0.4, 0.5) is 11.4 Å². The first kappa shape index (κ1) is 19.3. The zero-order valence-corrected chi connectivity index (χ0v) is 14.5. The molecule has 0 saturated carbocycles. The Morgan fingerprint density at radius 2 is 1.38 bits per heavy atom. The maximum absolute atomic E-state index is 5.11. The second kappa shape index (κ2) is 10.9. The number of halogens is 1. The molecule has 0 aliphatic rings. The van der Waals surface area contributed by atoms with Gasteiger partial charge in [0.25, 0.3) is 0 Å². The van der Waals surface area contributed by atoms with Crippen molar-refractivity contribution in [1.29, 1.82) is 0 Å². The van der Waals surface area contributed by atoms with Gasteiger partial charge in [-0.05, 0) is 60.7 Å². The summed E-state index contributed by atoms with van der Waals surface area (Å²) in [5, 5.41) is 3.17. The van der Waals surface area contributed by atoms with Crippen molar-refractivity contribution in [2.45, 2.75) is 0 Å². The number of allylic oxidation sites excluding steroid dienone is 3. The van der Waals surface area contributed by atoms with Crippen LogP contribution in [0.3, 0.4) is 0 Å². The molecule has 0 fully saturated rings. The lowest BCUT2D eigenvalue weighted by molar-refractivity contribution is 0.415. The SMILES string of the molecule is COc1ccc(N=C/C=C/C=C/Nc2ccc(OC)cc2)cc1.Cl. The smallest absolute Gasteiger partial charge is 0.119 e. The topological polar surface area (TPSA) is 42.8 Å². The average Bonchev–Trinajstić information content (AvgIpc) is 2.62. The predicted octanol–water partition coefficient (Wildman–Crippen LogP) is 5.01. The fourth-order valence-corrected chi connectivity index (χ4v) is 1.80. The molecular formula is C19H21ClN2O2. The lowest BCUT2D eigenvalue weighted by atomic mass is 10.3. The number of hydrogen-bond acceptors (Lipinski definition) is 4. The van der Waals surface area contributed by atoms with E-state index < -0.39 is 0 Å². The first-order chi connectivity index (χ1) is 11.3. The largest absolute Gasteiger partial charge is 0.497 e. The van der Waals surface area contributed by atoms with E-state index in [0.717, 1.165) is 22.9 Å². The summed E-state index contributed by atoms with van der Waals surface area (Å²) in [5.41, 5.74) is 1.89. The van der Waals surface area contributed by atoms with Gasteiger partial charge in [-0.15, -0.1) is 12.4 Å². The van der Waals surface area contributed by atoms with Crippen LogP contribution in [0.15, 0.2) is 78.0 Å². The Morgan fingerprint density at radius 3 is 1.96 bits per heavy atom. The molecular weight excluding hydrogens is 324 g/mol. The third kappa shape index (κ3) is 6.58. The maximum atomic E-state index is 5.11. The Bertz CT molecular complexity index is 678. The van der Waals surface area contributed by atoms with Gasteiger partial charge in [0.1, 0.15) is 11.5 Å². The van der Waals surface area contributed by atoms with Crippen LogP contribution in [-0.4, -0.2) is 20.4 Å². The highest BCUT2D eigenvalue weighted by Crippen LogP contribution is 2.17. The zero-order valence-electron chi connectivity index (χ0n) is 13.7. The molecule has 0 saturated heterocycles. The summed E-state index contributed by atoms with van der Waals surface area (Å²) in [5.74, 6) is 1.67. The Labute approximate surface area is 148 Å². The molecule has 5 heteroatoms. The highest BCUT2D eigenvalue weighted by molar-refractivity contribution is 5.85. The minimum absolute atomic E-state index is 0. The van der Waals surface area contributed by atoms with Crippen LogP contribution in [0.25, 0.3) is 0 Å². The van der Waals surface area contributed by atoms with Gasteiger partial charge in [0.2, 0.25) is 0 Å². The molecule has 126 valence electrons. The van der Waals surface area contributed by atoms with E-state index >= 15 is 0 Å². The fourth-order valence-electron chi connectivity index (χ4n) is 1.80. The zero-order chi connectivity index (χ0) is 16.3. The summed E-state index contributed by atoms with van der Waals surface area (Å²) in [6.45, 7) is 0. The molecule has 2 aromatic rings. The molecule has 0 aliphatic heterocycles. The first-order valence-electron chi connectivity index (χ1n) is 7.22. The van der Waals surface area contributed by atoms with Gasteiger partial charge in [0.15, 0.2) is 0 Å². The molecule has 0 heterocycles. The van der Waals surface area contributed by atoms with Crippen LogP contribution in [0, 0.1) is 0 Å². The van der Waals surface area contributed by atoms with E-state index in [1.165, 1.54) is 0 Å². The molecule has 2 rings (SSSR count). The molecule has 0 atom stereocenters. The molecule has 0 spiro atoms. The minimum atomic E-state index is 0. The number of anilines is 1. The van der Waals surface area contributed by atoms with Crippen LogP contribution in [0.1, 0.15) is 0 Å². The number of nitrogens with zero attached hydrogens (tertiary/aromatic N) is 1. The van der Waals surface area contributed by atoms with Gasteiger partial charge in [-0.25, -0.2) is 0 Å². The standard InChI is InChI=1S/C19H20N2O2.ClH/c1-22-18-10-6-16(7-11-18)20-14-4-3-5-15-21-17-8-12-19(23-2)13-9-17;/h3-15,20H,1-2H3;1H/b5-3+,14-4+,21-15?;. The summed E-state index contributed by atoms with van der Waals surface area (Å²) < 4.78 is 10.2. The second-order valence-electron chi connectivity index (χ2n) is 4.59. The van der Waals surface area contributed by atoms with Crippen molar-refractivity contribution in [3.63, 3.8) is 0 Å². The molecule has 0 aromatic heterocycles. The summed E-state index contributed by atoms with van der Waals surface area (Å²) in [6.07, 6.45) is 9.29. The van der Waals surface area contributed by atoms with E-state index in [9.17, 15) is 0 Å². The summed E-state index contributed by atoms with van der Waals surface area (Å²) in [6, 6.07) is 15.3. The summed E-state index contributed by atoms with van der Waals surface area (Å²) in [7, 11) is 3.30. The van der Waals surface area contributed by atoms with Crippen LogP contribution in [0.2, 0.25) is 0 Å². The molecule has 2 aromatic carbocycles. The van der Waals surface area contributed by atoms with Crippen molar-refractivity contribution in [3.05, 3.63) is 73.0 Å². The molecule has 0 radical (unpaired) electrons. The van der Waals surface area contributed by atoms with Crippen molar-refractivity contribution < 1.29 is 9.47 Å². The van der Waals surface area contributed by atoms with Gasteiger partial charge < -0.3 is 14.8 Å². The molecule has 0 bridgehead atoms. The van der Waals surface area contributed by atoms with Gasteiger partial charge in [-0.1, -0.05) is 6.08 Å². The van der Waals surface area contributed by atoms with Crippen LogP contribution in [0.5, 0.6) is 11.5 Å². The van der Waals surface area contributed by atoms with Crippen molar-refractivity contribution in [2.24, 2.45) is 4.99 Å². The molecule has 1 N–H and O–H groups in total. The van der Waals surface area contributed by atoms with Crippen molar-refractivity contribution in [1.82, 2.24) is 0 Å². The Balaban J connectivity index is 0.00000288. The highest BCUT2D eigenvalue weighted by atomic mass is 35.5. The third-order valence-electron chi connectivity index (χ3n) is 3.04. The Hall–Kier alpha value is -2.72. The fraction of sp³-hybridized carbons (Fsp3) is 0.105. The normalized spacial score (nSPS) is 10.9. The number of nitrogens with one attached hydrogen (secondary N) is 1. The van der Waals surface area contributed by atoms with Gasteiger partial charge in [-0.2, -0.15) is 0 Å². The van der Waals surface area contributed by atoms with E-state index in [1.807, 2.05) is 73.0 Å². The lowest BCUT2D eigenvalue weighted by Gasteiger charge is -2.02. The number of benzene rings is 2. The van der Waals surface area contributed by atoms with Crippen LogP contribution < -0.4 is 14.8 Å². The van der Waals surface area contributed by atoms with Gasteiger partial charge in [0.05, 0.1) is 19.9 Å². The van der Waals surface area contributed by atoms with Crippen LogP contribution >= 0.6 is 12.4 Å². The lowest BCUT2D eigenvalue weighted by Crippen LogP contribution is -1.87. The predicted molar refractivity (Wildman–Crippen MR) is 103 cm³/mol. The van der Waals surface area contributed by atoms with E-state index in [0.29, 0.717) is 0 Å².